The van der Waals surface area contributed by atoms with Crippen LogP contribution in [-0.4, -0.2) is 18.9 Å². The van der Waals surface area contributed by atoms with Crippen LogP contribution in [0.2, 0.25) is 0 Å². The lowest BCUT2D eigenvalue weighted by Crippen LogP contribution is -2.20. The summed E-state index contributed by atoms with van der Waals surface area (Å²) in [4.78, 5) is 10.5. The first-order chi connectivity index (χ1) is 6.43. The Kier molecular flexibility index (Phi) is 2.87. The Morgan fingerprint density at radius 1 is 1.21 bits per heavy atom. The molecule has 1 aromatic carbocycles. The van der Waals surface area contributed by atoms with Crippen LogP contribution in [0.1, 0.15) is 10.8 Å². The lowest BCUT2D eigenvalue weighted by molar-refractivity contribution is -0.142. The van der Waals surface area contributed by atoms with Crippen molar-refractivity contribution < 1.29 is 22.9 Å². The number of hydrogen-bond acceptors (Lipinski definition) is 3. The largest absolute Gasteiger partial charge is 0.380 e. The topological polar surface area (TPSA) is 91.3 Å². The fraction of sp³-hybridized carbons (Fsp3) is 0.125. The number of carbonyl (C=O) groups excluding carboxylic acids is 1. The van der Waals surface area contributed by atoms with Crippen LogP contribution >= 0.6 is 0 Å². The van der Waals surface area contributed by atoms with Crippen molar-refractivity contribution in [1.82, 2.24) is 0 Å². The maximum absolute atomic E-state index is 10.7. The van der Waals surface area contributed by atoms with Crippen molar-refractivity contribution >= 4 is 16.1 Å². The Labute approximate surface area is 80.7 Å². The second-order valence-corrected chi connectivity index (χ2v) is 4.13. The Balaban J connectivity index is 3.22. The van der Waals surface area contributed by atoms with E-state index in [-0.39, 0.29) is 5.56 Å². The highest BCUT2D eigenvalue weighted by Crippen LogP contribution is 2.21. The van der Waals surface area contributed by atoms with Crippen molar-refractivity contribution in [3.05, 3.63) is 35.9 Å². The number of hydrogen-bond donors (Lipinski definition) is 1. The number of rotatable bonds is 3. The smallest absolute Gasteiger partial charge is 0.285 e. The third-order valence-electron chi connectivity index (χ3n) is 1.61. The van der Waals surface area contributed by atoms with Gasteiger partial charge in [-0.2, -0.15) is 8.42 Å². The van der Waals surface area contributed by atoms with E-state index >= 15 is 0 Å². The summed E-state index contributed by atoms with van der Waals surface area (Å²) in [5.74, 6) is -1.85. The minimum absolute atomic E-state index is 0.0324. The van der Waals surface area contributed by atoms with Gasteiger partial charge in [-0.25, -0.2) is 9.90 Å². The quantitative estimate of drug-likeness (QED) is 0.746. The fourth-order valence-corrected chi connectivity index (χ4v) is 1.80. The van der Waals surface area contributed by atoms with Crippen LogP contribution < -0.4 is 0 Å². The molecule has 1 rings (SSSR count). The standard InChI is InChI=1S/C8H7O5S/c9-8(10)7(14(11,12)13)6-4-2-1-3-5-6/h1-5,7H,(H,11,12,13). The van der Waals surface area contributed by atoms with E-state index in [0.29, 0.717) is 0 Å². The van der Waals surface area contributed by atoms with Crippen LogP contribution in [0.25, 0.3) is 0 Å². The zero-order valence-electron chi connectivity index (χ0n) is 6.95. The Bertz CT molecular complexity index is 422. The van der Waals surface area contributed by atoms with Gasteiger partial charge in [-0.15, -0.1) is 0 Å². The summed E-state index contributed by atoms with van der Waals surface area (Å²) in [5, 5.41) is 8.47. The van der Waals surface area contributed by atoms with E-state index in [1.165, 1.54) is 24.3 Å². The highest BCUT2D eigenvalue weighted by atomic mass is 32.2. The summed E-state index contributed by atoms with van der Waals surface area (Å²) in [7, 11) is -4.68. The second kappa shape index (κ2) is 3.77. The molecule has 0 saturated heterocycles. The molecule has 1 N–H and O–H groups in total. The van der Waals surface area contributed by atoms with E-state index in [4.69, 9.17) is 4.55 Å². The highest BCUT2D eigenvalue weighted by Gasteiger charge is 2.33. The number of carbonyl (C=O) groups is 1. The van der Waals surface area contributed by atoms with Gasteiger partial charge in [0, 0.05) is 0 Å². The zero-order valence-corrected chi connectivity index (χ0v) is 7.77. The summed E-state index contributed by atoms with van der Waals surface area (Å²) in [6.07, 6.45) is 0. The molecular weight excluding hydrogens is 208 g/mol. The molecule has 0 saturated carbocycles. The number of benzene rings is 1. The van der Waals surface area contributed by atoms with Crippen molar-refractivity contribution in [3.63, 3.8) is 0 Å². The first-order valence-corrected chi connectivity index (χ1v) is 5.15. The molecule has 0 heterocycles. The van der Waals surface area contributed by atoms with E-state index in [1.807, 2.05) is 0 Å². The average Bonchev–Trinajstić information content (AvgIpc) is 2.02. The molecule has 1 atom stereocenters. The molecule has 5 nitrogen and oxygen atoms in total. The molecule has 6 heteroatoms. The monoisotopic (exact) mass is 215 g/mol. The van der Waals surface area contributed by atoms with Crippen molar-refractivity contribution in [2.24, 2.45) is 0 Å². The van der Waals surface area contributed by atoms with Crippen LogP contribution in [0.15, 0.2) is 30.3 Å². The summed E-state index contributed by atoms with van der Waals surface area (Å²) in [6.45, 7) is 0. The molecule has 0 bridgehead atoms. The van der Waals surface area contributed by atoms with Gasteiger partial charge in [0.25, 0.3) is 10.1 Å². The van der Waals surface area contributed by atoms with E-state index in [2.05, 4.69) is 0 Å². The van der Waals surface area contributed by atoms with Crippen LogP contribution in [0.5, 0.6) is 0 Å². The van der Waals surface area contributed by atoms with Gasteiger partial charge in [0.15, 0.2) is 0 Å². The summed E-state index contributed by atoms with van der Waals surface area (Å²) in [5.41, 5.74) is -0.0324. The third kappa shape index (κ3) is 2.30. The first-order valence-electron chi connectivity index (χ1n) is 3.65. The van der Waals surface area contributed by atoms with Gasteiger partial charge in [-0.05, 0) is 5.56 Å². The predicted molar refractivity (Wildman–Crippen MR) is 46.4 cm³/mol. The molecule has 0 fully saturated rings. The van der Waals surface area contributed by atoms with E-state index < -0.39 is 21.3 Å². The van der Waals surface area contributed by atoms with Gasteiger partial charge in [0.1, 0.15) is 0 Å². The van der Waals surface area contributed by atoms with Gasteiger partial charge in [0.05, 0.1) is 0 Å². The van der Waals surface area contributed by atoms with Gasteiger partial charge in [-0.3, -0.25) is 4.55 Å². The Morgan fingerprint density at radius 2 is 1.71 bits per heavy atom. The Morgan fingerprint density at radius 3 is 2.07 bits per heavy atom. The molecule has 0 amide bonds. The van der Waals surface area contributed by atoms with Gasteiger partial charge in [0.2, 0.25) is 5.25 Å². The lowest BCUT2D eigenvalue weighted by Gasteiger charge is -2.06. The maximum atomic E-state index is 10.7. The van der Waals surface area contributed by atoms with Crippen molar-refractivity contribution in [2.75, 3.05) is 0 Å². The van der Waals surface area contributed by atoms with E-state index in [0.717, 1.165) is 0 Å². The minimum atomic E-state index is -4.68. The molecule has 0 aliphatic heterocycles. The van der Waals surface area contributed by atoms with E-state index in [1.54, 1.807) is 6.07 Å². The molecule has 0 spiro atoms. The van der Waals surface area contributed by atoms with Crippen LogP contribution in [0.4, 0.5) is 0 Å². The molecule has 14 heavy (non-hydrogen) atoms. The maximum Gasteiger partial charge on any atom is 0.380 e. The lowest BCUT2D eigenvalue weighted by atomic mass is 10.1. The van der Waals surface area contributed by atoms with Gasteiger partial charge < -0.3 is 0 Å². The minimum Gasteiger partial charge on any atom is -0.285 e. The SMILES string of the molecule is [O]C(=O)C(c1ccccc1)S(=O)(=O)O. The fourth-order valence-electron chi connectivity index (χ4n) is 1.06. The van der Waals surface area contributed by atoms with Gasteiger partial charge in [-0.1, -0.05) is 30.3 Å². The van der Waals surface area contributed by atoms with Crippen molar-refractivity contribution in [1.29, 1.82) is 0 Å². The zero-order chi connectivity index (χ0) is 10.8. The van der Waals surface area contributed by atoms with Crippen LogP contribution in [0.3, 0.4) is 0 Å². The molecule has 75 valence electrons. The average molecular weight is 215 g/mol. The van der Waals surface area contributed by atoms with E-state index in [9.17, 15) is 18.3 Å². The van der Waals surface area contributed by atoms with Gasteiger partial charge >= 0.3 is 5.97 Å². The van der Waals surface area contributed by atoms with Crippen LogP contribution in [0, 0.1) is 0 Å². The normalized spacial score (nSPS) is 13.5. The highest BCUT2D eigenvalue weighted by molar-refractivity contribution is 7.86. The Hall–Kier alpha value is -1.40. The second-order valence-electron chi connectivity index (χ2n) is 2.62. The summed E-state index contributed by atoms with van der Waals surface area (Å²) >= 11 is 0. The third-order valence-corrected chi connectivity index (χ3v) is 2.67. The van der Waals surface area contributed by atoms with Crippen molar-refractivity contribution in [2.45, 2.75) is 5.25 Å². The molecule has 0 aromatic heterocycles. The molecule has 0 aliphatic rings. The molecule has 1 aromatic rings. The predicted octanol–water partition coefficient (Wildman–Crippen LogP) is 0.573. The molecule has 1 unspecified atom stereocenters. The first kappa shape index (κ1) is 10.7. The molecule has 0 aliphatic carbocycles. The summed E-state index contributed by atoms with van der Waals surface area (Å²) < 4.78 is 30.1. The van der Waals surface area contributed by atoms with Crippen LogP contribution in [-0.2, 0) is 20.0 Å². The molecule has 1 radical (unpaired) electrons. The molecular formula is C8H7O5S. The summed E-state index contributed by atoms with van der Waals surface area (Å²) in [6, 6.07) is 7.11. The van der Waals surface area contributed by atoms with Crippen molar-refractivity contribution in [3.8, 4) is 0 Å².